The maximum absolute atomic E-state index is 14.5. The van der Waals surface area contributed by atoms with Crippen molar-refractivity contribution in [2.24, 2.45) is 0 Å². The van der Waals surface area contributed by atoms with E-state index < -0.39 is 17.4 Å². The zero-order valence-corrected chi connectivity index (χ0v) is 22.9. The largest absolute Gasteiger partial charge is 0.478 e. The number of thiazole rings is 1. The first-order chi connectivity index (χ1) is 18.8. The summed E-state index contributed by atoms with van der Waals surface area (Å²) in [6, 6.07) is 7.89. The topological polar surface area (TPSA) is 88.7 Å². The third-order valence-electron chi connectivity index (χ3n) is 7.70. The van der Waals surface area contributed by atoms with Crippen molar-refractivity contribution in [1.29, 1.82) is 0 Å². The number of benzene rings is 2. The zero-order valence-electron chi connectivity index (χ0n) is 20.5. The lowest BCUT2D eigenvalue weighted by Gasteiger charge is -2.37. The first-order valence-corrected chi connectivity index (χ1v) is 14.3. The van der Waals surface area contributed by atoms with Gasteiger partial charge in [0.15, 0.2) is 10.9 Å². The number of nitrogens with zero attached hydrogens (tertiary/aromatic N) is 3. The van der Waals surface area contributed by atoms with E-state index in [0.717, 1.165) is 48.6 Å². The molecule has 1 saturated carbocycles. The molecule has 2 aromatic carbocycles. The second kappa shape index (κ2) is 9.30. The standard InChI is InChI=1S/C28H22Cl2FN3O4S/c29-17-2-1-3-18(30)22(17)24-21(25(38-33-24)14-4-5-14)16-12-28(37-13-16)6-8-34(9-7-28)27-32-23-19(31)10-15(26(35)36)11-20(23)39-27/h1-3,10-12,14H,4-9,13H2,(H,35,36). The maximum atomic E-state index is 14.5. The van der Waals surface area contributed by atoms with Crippen molar-refractivity contribution in [3.8, 4) is 11.3 Å². The second-order valence-electron chi connectivity index (χ2n) is 10.3. The van der Waals surface area contributed by atoms with Gasteiger partial charge in [-0.15, -0.1) is 0 Å². The molecular weight excluding hydrogens is 564 g/mol. The quantitative estimate of drug-likeness (QED) is 0.260. The van der Waals surface area contributed by atoms with E-state index in [0.29, 0.717) is 56.7 Å². The molecule has 1 spiro atoms. The summed E-state index contributed by atoms with van der Waals surface area (Å²) in [7, 11) is 0. The molecule has 0 bridgehead atoms. The number of rotatable bonds is 5. The number of halogens is 3. The zero-order chi connectivity index (χ0) is 26.9. The summed E-state index contributed by atoms with van der Waals surface area (Å²) in [4.78, 5) is 17.9. The monoisotopic (exact) mass is 585 g/mol. The number of carboxylic acid groups (broad SMARTS) is 1. The number of hydrogen-bond acceptors (Lipinski definition) is 7. The average Bonchev–Trinajstić information content (AvgIpc) is 3.32. The fourth-order valence-electron chi connectivity index (χ4n) is 5.50. The van der Waals surface area contributed by atoms with Crippen LogP contribution in [0.1, 0.15) is 53.3 Å². The molecule has 4 aromatic rings. The van der Waals surface area contributed by atoms with Crippen LogP contribution in [0.2, 0.25) is 10.0 Å². The van der Waals surface area contributed by atoms with Gasteiger partial charge in [-0.2, -0.15) is 0 Å². The Hall–Kier alpha value is -2.98. The molecule has 3 aliphatic rings. The molecule has 1 N–H and O–H groups in total. The third kappa shape index (κ3) is 4.32. The summed E-state index contributed by atoms with van der Waals surface area (Å²) in [5.74, 6) is -0.586. The van der Waals surface area contributed by atoms with Crippen LogP contribution < -0.4 is 4.90 Å². The smallest absolute Gasteiger partial charge is 0.335 e. The van der Waals surface area contributed by atoms with Gasteiger partial charge in [0.05, 0.1) is 38.1 Å². The van der Waals surface area contributed by atoms with Gasteiger partial charge in [0.1, 0.15) is 17.0 Å². The number of ether oxygens (including phenoxy) is 1. The Kier molecular flexibility index (Phi) is 5.97. The van der Waals surface area contributed by atoms with E-state index in [4.69, 9.17) is 32.5 Å². The molecule has 0 amide bonds. The van der Waals surface area contributed by atoms with Crippen LogP contribution in [0.5, 0.6) is 0 Å². The van der Waals surface area contributed by atoms with E-state index in [2.05, 4.69) is 21.1 Å². The lowest BCUT2D eigenvalue weighted by atomic mass is 9.89. The molecule has 2 aromatic heterocycles. The van der Waals surface area contributed by atoms with Gasteiger partial charge in [-0.1, -0.05) is 45.8 Å². The van der Waals surface area contributed by atoms with Crippen molar-refractivity contribution >= 4 is 61.4 Å². The van der Waals surface area contributed by atoms with Gasteiger partial charge in [-0.3, -0.25) is 0 Å². The number of anilines is 1. The van der Waals surface area contributed by atoms with Gasteiger partial charge in [0.25, 0.3) is 0 Å². The van der Waals surface area contributed by atoms with Crippen molar-refractivity contribution in [3.63, 3.8) is 0 Å². The van der Waals surface area contributed by atoms with Crippen LogP contribution in [0.3, 0.4) is 0 Å². The van der Waals surface area contributed by atoms with Gasteiger partial charge >= 0.3 is 5.97 Å². The number of carboxylic acids is 1. The lowest BCUT2D eigenvalue weighted by molar-refractivity contribution is 0.00840. The molecular formula is C28H22Cl2FN3O4S. The summed E-state index contributed by atoms with van der Waals surface area (Å²) in [6.07, 6.45) is 5.77. The highest BCUT2D eigenvalue weighted by atomic mass is 35.5. The Balaban J connectivity index is 1.17. The number of fused-ring (bicyclic) bond motifs is 1. The van der Waals surface area contributed by atoms with Gasteiger partial charge in [0, 0.05) is 24.6 Å². The van der Waals surface area contributed by atoms with Crippen LogP contribution in [0, 0.1) is 5.82 Å². The highest BCUT2D eigenvalue weighted by molar-refractivity contribution is 7.22. The summed E-state index contributed by atoms with van der Waals surface area (Å²) in [5, 5.41) is 15.4. The molecule has 39 heavy (non-hydrogen) atoms. The minimum atomic E-state index is -1.16. The molecule has 0 unspecified atom stereocenters. The van der Waals surface area contributed by atoms with Crippen LogP contribution in [0.4, 0.5) is 9.52 Å². The molecule has 1 saturated heterocycles. The summed E-state index contributed by atoms with van der Waals surface area (Å²) >= 11 is 14.4. The van der Waals surface area contributed by atoms with Crippen molar-refractivity contribution in [1.82, 2.24) is 10.1 Å². The van der Waals surface area contributed by atoms with Gasteiger partial charge in [-0.05, 0) is 61.6 Å². The van der Waals surface area contributed by atoms with Crippen molar-refractivity contribution in [2.45, 2.75) is 37.2 Å². The fourth-order valence-corrected chi connectivity index (χ4v) is 7.15. The first kappa shape index (κ1) is 25.0. The first-order valence-electron chi connectivity index (χ1n) is 12.7. The number of carbonyl (C=O) groups is 1. The minimum absolute atomic E-state index is 0.0819. The molecule has 0 atom stereocenters. The van der Waals surface area contributed by atoms with Crippen molar-refractivity contribution < 1.29 is 23.6 Å². The lowest BCUT2D eigenvalue weighted by Crippen LogP contribution is -2.43. The van der Waals surface area contributed by atoms with Crippen LogP contribution in [-0.2, 0) is 4.74 Å². The SMILES string of the molecule is O=C(O)c1cc(F)c2nc(N3CCC4(C=C(c5c(-c6c(Cl)cccc6Cl)noc5C5CC5)CO4)CC3)sc2c1. The summed E-state index contributed by atoms with van der Waals surface area (Å²) in [5.41, 5.74) is 2.95. The van der Waals surface area contributed by atoms with Crippen LogP contribution in [-0.4, -0.2) is 46.5 Å². The summed E-state index contributed by atoms with van der Waals surface area (Å²) in [6.45, 7) is 1.76. The number of aromatic nitrogens is 2. The number of piperidine rings is 1. The van der Waals surface area contributed by atoms with Crippen LogP contribution in [0.15, 0.2) is 40.9 Å². The molecule has 7 nitrogen and oxygen atoms in total. The summed E-state index contributed by atoms with van der Waals surface area (Å²) < 4.78 is 27.3. The van der Waals surface area contributed by atoms with Gasteiger partial charge < -0.3 is 19.3 Å². The fraction of sp³-hybridized carbons (Fsp3) is 0.321. The number of aromatic carboxylic acids is 1. The Morgan fingerprint density at radius 3 is 2.59 bits per heavy atom. The molecule has 4 heterocycles. The highest BCUT2D eigenvalue weighted by Crippen LogP contribution is 2.50. The van der Waals surface area contributed by atoms with Gasteiger partial charge in [0.2, 0.25) is 0 Å². The van der Waals surface area contributed by atoms with E-state index in [-0.39, 0.29) is 11.1 Å². The highest BCUT2D eigenvalue weighted by Gasteiger charge is 2.42. The van der Waals surface area contributed by atoms with Crippen LogP contribution >= 0.6 is 34.5 Å². The minimum Gasteiger partial charge on any atom is -0.478 e. The Labute approximate surface area is 236 Å². The molecule has 0 radical (unpaired) electrons. The molecule has 11 heteroatoms. The Morgan fingerprint density at radius 2 is 1.90 bits per heavy atom. The molecule has 2 aliphatic heterocycles. The predicted molar refractivity (Wildman–Crippen MR) is 149 cm³/mol. The number of hydrogen-bond donors (Lipinski definition) is 1. The van der Waals surface area contributed by atoms with E-state index >= 15 is 0 Å². The Bertz CT molecular complexity index is 1650. The second-order valence-corrected chi connectivity index (χ2v) is 12.1. The van der Waals surface area contributed by atoms with E-state index in [1.54, 1.807) is 18.2 Å². The van der Waals surface area contributed by atoms with Crippen LogP contribution in [0.25, 0.3) is 27.0 Å². The maximum Gasteiger partial charge on any atom is 0.335 e. The van der Waals surface area contributed by atoms with Crippen molar-refractivity contribution in [2.75, 3.05) is 24.6 Å². The van der Waals surface area contributed by atoms with E-state index in [9.17, 15) is 14.3 Å². The predicted octanol–water partition coefficient (Wildman–Crippen LogP) is 7.43. The average molecular weight is 586 g/mol. The molecule has 7 rings (SSSR count). The molecule has 2 fully saturated rings. The van der Waals surface area contributed by atoms with Crippen molar-refractivity contribution in [3.05, 3.63) is 69.2 Å². The normalized spacial score (nSPS) is 18.7. The molecule has 200 valence electrons. The Morgan fingerprint density at radius 1 is 1.15 bits per heavy atom. The van der Waals surface area contributed by atoms with Gasteiger partial charge in [-0.25, -0.2) is 14.2 Å². The molecule has 1 aliphatic carbocycles. The van der Waals surface area contributed by atoms with E-state index in [1.807, 2.05) is 0 Å². The van der Waals surface area contributed by atoms with E-state index in [1.165, 1.54) is 17.4 Å². The third-order valence-corrected chi connectivity index (χ3v) is 9.40.